The van der Waals surface area contributed by atoms with Crippen molar-refractivity contribution in [1.29, 1.82) is 0 Å². The van der Waals surface area contributed by atoms with E-state index in [2.05, 4.69) is 25.8 Å². The maximum absolute atomic E-state index is 12.5. The Morgan fingerprint density at radius 3 is 2.85 bits per heavy atom. The van der Waals surface area contributed by atoms with Crippen LogP contribution < -0.4 is 15.5 Å². The molecule has 0 spiro atoms. The third-order valence-corrected chi connectivity index (χ3v) is 4.82. The van der Waals surface area contributed by atoms with Crippen molar-refractivity contribution >= 4 is 39.8 Å². The van der Waals surface area contributed by atoms with Crippen molar-refractivity contribution in [3.63, 3.8) is 0 Å². The lowest BCUT2D eigenvalue weighted by Crippen LogP contribution is -2.34. The van der Waals surface area contributed by atoms with Gasteiger partial charge in [0.15, 0.2) is 0 Å². The smallest absolute Gasteiger partial charge is 0.259 e. The first-order chi connectivity index (χ1) is 13.2. The van der Waals surface area contributed by atoms with E-state index >= 15 is 0 Å². The molecule has 3 heterocycles. The summed E-state index contributed by atoms with van der Waals surface area (Å²) in [5.41, 5.74) is 4.10. The lowest BCUT2D eigenvalue weighted by molar-refractivity contribution is -0.116. The normalized spacial score (nSPS) is 12.5. The predicted molar refractivity (Wildman–Crippen MR) is 103 cm³/mol. The van der Waals surface area contributed by atoms with Gasteiger partial charge in [-0.15, -0.1) is 10.2 Å². The first-order valence-corrected chi connectivity index (χ1v) is 9.24. The van der Waals surface area contributed by atoms with Crippen LogP contribution in [0.15, 0.2) is 48.1 Å². The van der Waals surface area contributed by atoms with Crippen LogP contribution in [0.3, 0.4) is 0 Å². The fourth-order valence-electron chi connectivity index (χ4n) is 2.89. The summed E-state index contributed by atoms with van der Waals surface area (Å²) in [6, 6.07) is 11.2. The van der Waals surface area contributed by atoms with Crippen LogP contribution in [-0.2, 0) is 11.2 Å². The molecule has 2 amide bonds. The SMILES string of the molecule is O=C(Nc1nncs1)c1ccc(NCC(=O)N2CCc3ccccc32)nc1. The molecule has 1 aromatic carbocycles. The molecule has 0 radical (unpaired) electrons. The van der Waals surface area contributed by atoms with Gasteiger partial charge in [-0.05, 0) is 30.2 Å². The Balaban J connectivity index is 1.34. The highest BCUT2D eigenvalue weighted by Gasteiger charge is 2.23. The summed E-state index contributed by atoms with van der Waals surface area (Å²) in [5, 5.41) is 13.5. The minimum Gasteiger partial charge on any atom is -0.361 e. The van der Waals surface area contributed by atoms with E-state index in [-0.39, 0.29) is 18.4 Å². The number of hydrogen-bond acceptors (Lipinski definition) is 7. The molecule has 3 aromatic rings. The average molecular weight is 380 g/mol. The standard InChI is InChI=1S/C18H16N6O2S/c25-16(24-8-7-12-3-1-2-4-14(12)24)10-20-15-6-5-13(9-19-15)17(26)22-18-23-21-11-27-18/h1-6,9,11H,7-8,10H2,(H,19,20)(H,22,23,26). The Morgan fingerprint density at radius 2 is 2.07 bits per heavy atom. The Kier molecular flexibility index (Phi) is 4.75. The Labute approximate surface area is 159 Å². The van der Waals surface area contributed by atoms with Gasteiger partial charge in [-0.3, -0.25) is 14.9 Å². The van der Waals surface area contributed by atoms with Crippen molar-refractivity contribution in [2.24, 2.45) is 0 Å². The molecule has 1 aliphatic rings. The summed E-state index contributed by atoms with van der Waals surface area (Å²) >= 11 is 1.24. The second kappa shape index (κ2) is 7.50. The number of nitrogens with zero attached hydrogens (tertiary/aromatic N) is 4. The highest BCUT2D eigenvalue weighted by Crippen LogP contribution is 2.27. The highest BCUT2D eigenvalue weighted by atomic mass is 32.1. The van der Waals surface area contributed by atoms with Crippen molar-refractivity contribution in [2.45, 2.75) is 6.42 Å². The molecule has 27 heavy (non-hydrogen) atoms. The van der Waals surface area contributed by atoms with E-state index in [1.807, 2.05) is 24.3 Å². The average Bonchev–Trinajstić information content (AvgIpc) is 3.36. The number of anilines is 3. The second-order valence-corrected chi connectivity index (χ2v) is 6.74. The minimum atomic E-state index is -0.310. The van der Waals surface area contributed by atoms with Crippen molar-refractivity contribution in [2.75, 3.05) is 28.6 Å². The number of pyridine rings is 1. The predicted octanol–water partition coefficient (Wildman–Crippen LogP) is 2.19. The quantitative estimate of drug-likeness (QED) is 0.704. The molecule has 0 bridgehead atoms. The number of benzene rings is 1. The van der Waals surface area contributed by atoms with Crippen molar-refractivity contribution in [3.05, 3.63) is 59.2 Å². The Hall–Kier alpha value is -3.33. The minimum absolute atomic E-state index is 0.0140. The monoisotopic (exact) mass is 380 g/mol. The van der Waals surface area contributed by atoms with Gasteiger partial charge in [-0.1, -0.05) is 29.5 Å². The van der Waals surface area contributed by atoms with Crippen molar-refractivity contribution in [3.8, 4) is 0 Å². The molecule has 1 aliphatic heterocycles. The van der Waals surface area contributed by atoms with E-state index in [1.165, 1.54) is 28.6 Å². The van der Waals surface area contributed by atoms with Gasteiger partial charge in [0, 0.05) is 18.4 Å². The summed E-state index contributed by atoms with van der Waals surface area (Å²) in [4.78, 5) is 30.6. The maximum Gasteiger partial charge on any atom is 0.259 e. The van der Waals surface area contributed by atoms with E-state index in [4.69, 9.17) is 0 Å². The van der Waals surface area contributed by atoms with Gasteiger partial charge in [-0.2, -0.15) is 0 Å². The first kappa shape index (κ1) is 17.1. The van der Waals surface area contributed by atoms with Crippen LogP contribution in [0.1, 0.15) is 15.9 Å². The fraction of sp³-hybridized carbons (Fsp3) is 0.167. The van der Waals surface area contributed by atoms with Crippen LogP contribution in [0, 0.1) is 0 Å². The molecule has 0 saturated heterocycles. The summed E-state index contributed by atoms with van der Waals surface area (Å²) in [5.74, 6) is 0.207. The van der Waals surface area contributed by atoms with E-state index in [1.54, 1.807) is 17.0 Å². The van der Waals surface area contributed by atoms with Gasteiger partial charge in [0.2, 0.25) is 11.0 Å². The number of fused-ring (bicyclic) bond motifs is 1. The number of aromatic nitrogens is 3. The number of hydrogen-bond donors (Lipinski definition) is 2. The Bertz CT molecular complexity index is 958. The molecule has 4 rings (SSSR count). The van der Waals surface area contributed by atoms with E-state index in [0.29, 0.717) is 23.1 Å². The van der Waals surface area contributed by atoms with Gasteiger partial charge < -0.3 is 10.2 Å². The van der Waals surface area contributed by atoms with Gasteiger partial charge in [0.05, 0.1) is 12.1 Å². The molecular formula is C18H16N6O2S. The lowest BCUT2D eigenvalue weighted by Gasteiger charge is -2.17. The molecule has 0 saturated carbocycles. The van der Waals surface area contributed by atoms with Crippen LogP contribution in [0.5, 0.6) is 0 Å². The van der Waals surface area contributed by atoms with Gasteiger partial charge in [-0.25, -0.2) is 4.98 Å². The zero-order valence-electron chi connectivity index (χ0n) is 14.3. The summed E-state index contributed by atoms with van der Waals surface area (Å²) in [7, 11) is 0. The third-order valence-electron chi connectivity index (χ3n) is 4.22. The highest BCUT2D eigenvalue weighted by molar-refractivity contribution is 7.13. The summed E-state index contributed by atoms with van der Waals surface area (Å²) < 4.78 is 0. The number of para-hydroxylation sites is 1. The van der Waals surface area contributed by atoms with E-state index < -0.39 is 0 Å². The van der Waals surface area contributed by atoms with E-state index in [9.17, 15) is 9.59 Å². The Morgan fingerprint density at radius 1 is 1.19 bits per heavy atom. The molecule has 0 atom stereocenters. The van der Waals surface area contributed by atoms with Gasteiger partial charge >= 0.3 is 0 Å². The molecule has 2 N–H and O–H groups in total. The molecule has 0 unspecified atom stereocenters. The topological polar surface area (TPSA) is 100 Å². The van der Waals surface area contributed by atoms with Crippen molar-refractivity contribution in [1.82, 2.24) is 15.2 Å². The van der Waals surface area contributed by atoms with Gasteiger partial charge in [0.25, 0.3) is 5.91 Å². The number of nitrogens with one attached hydrogen (secondary N) is 2. The fourth-order valence-corrected chi connectivity index (χ4v) is 3.33. The van der Waals surface area contributed by atoms with Crippen molar-refractivity contribution < 1.29 is 9.59 Å². The van der Waals surface area contributed by atoms with Crippen LogP contribution in [0.25, 0.3) is 0 Å². The van der Waals surface area contributed by atoms with Crippen LogP contribution >= 0.6 is 11.3 Å². The lowest BCUT2D eigenvalue weighted by atomic mass is 10.2. The maximum atomic E-state index is 12.5. The summed E-state index contributed by atoms with van der Waals surface area (Å²) in [6.07, 6.45) is 2.33. The molecule has 0 fully saturated rings. The molecule has 8 nitrogen and oxygen atoms in total. The largest absolute Gasteiger partial charge is 0.361 e. The first-order valence-electron chi connectivity index (χ1n) is 8.36. The van der Waals surface area contributed by atoms with Crippen LogP contribution in [-0.4, -0.2) is 40.1 Å². The molecule has 2 aromatic heterocycles. The number of carbonyl (C=O) groups is 2. The number of amides is 2. The summed E-state index contributed by atoms with van der Waals surface area (Å²) in [6.45, 7) is 0.829. The zero-order chi connectivity index (χ0) is 18.6. The molecular weight excluding hydrogens is 364 g/mol. The third kappa shape index (κ3) is 3.77. The molecule has 9 heteroatoms. The van der Waals surface area contributed by atoms with Gasteiger partial charge in [0.1, 0.15) is 11.3 Å². The van der Waals surface area contributed by atoms with Crippen LogP contribution in [0.2, 0.25) is 0 Å². The number of carbonyl (C=O) groups excluding carboxylic acids is 2. The van der Waals surface area contributed by atoms with Crippen LogP contribution in [0.4, 0.5) is 16.6 Å². The zero-order valence-corrected chi connectivity index (χ0v) is 15.1. The molecule has 136 valence electrons. The second-order valence-electron chi connectivity index (χ2n) is 5.91. The molecule has 0 aliphatic carbocycles. The van der Waals surface area contributed by atoms with E-state index in [0.717, 1.165) is 12.1 Å². The number of rotatable bonds is 5.